The second-order valence-electron chi connectivity index (χ2n) is 4.30. The van der Waals surface area contributed by atoms with Crippen LogP contribution in [0.4, 0.5) is 0 Å². The summed E-state index contributed by atoms with van der Waals surface area (Å²) in [7, 11) is 0. The summed E-state index contributed by atoms with van der Waals surface area (Å²) >= 11 is 7.02. The maximum Gasteiger partial charge on any atom is 0.307 e. The first-order chi connectivity index (χ1) is 8.09. The smallest absolute Gasteiger partial charge is 0.307 e. The van der Waals surface area contributed by atoms with Gasteiger partial charge in [0.25, 0.3) is 0 Å². The van der Waals surface area contributed by atoms with E-state index in [1.807, 2.05) is 0 Å². The third kappa shape index (κ3) is 2.69. The van der Waals surface area contributed by atoms with Crippen molar-refractivity contribution in [2.45, 2.75) is 25.7 Å². The molecule has 0 saturated heterocycles. The minimum atomic E-state index is -0.856. The number of rotatable bonds is 3. The molecule has 0 bridgehead atoms. The number of hydrogen-bond donors (Lipinski definition) is 1. The van der Waals surface area contributed by atoms with Gasteiger partial charge in [0.15, 0.2) is 5.78 Å². The molecule has 2 unspecified atom stereocenters. The van der Waals surface area contributed by atoms with Crippen molar-refractivity contribution in [3.8, 4) is 0 Å². The number of carbonyl (C=O) groups is 2. The first-order valence-electron chi connectivity index (χ1n) is 5.62. The summed E-state index contributed by atoms with van der Waals surface area (Å²) in [5, 5.41) is 9.13. The van der Waals surface area contributed by atoms with Crippen LogP contribution < -0.4 is 0 Å². The third-order valence-corrected chi connectivity index (χ3v) is 4.48. The molecule has 17 heavy (non-hydrogen) atoms. The Morgan fingerprint density at radius 2 is 1.88 bits per heavy atom. The van der Waals surface area contributed by atoms with Crippen LogP contribution in [0, 0.1) is 11.8 Å². The molecule has 1 aromatic heterocycles. The Morgan fingerprint density at radius 1 is 1.24 bits per heavy atom. The summed E-state index contributed by atoms with van der Waals surface area (Å²) in [6.45, 7) is 0. The van der Waals surface area contributed by atoms with E-state index < -0.39 is 11.9 Å². The molecular formula is C12H13ClO3S. The Morgan fingerprint density at radius 3 is 2.41 bits per heavy atom. The first kappa shape index (κ1) is 12.6. The van der Waals surface area contributed by atoms with Crippen LogP contribution in [0.5, 0.6) is 0 Å². The van der Waals surface area contributed by atoms with Gasteiger partial charge in [-0.05, 0) is 25.0 Å². The number of ketones is 1. The van der Waals surface area contributed by atoms with Crippen LogP contribution in [0.1, 0.15) is 35.4 Å². The molecule has 0 aromatic carbocycles. The lowest BCUT2D eigenvalue weighted by Gasteiger charge is -2.26. The molecule has 1 aliphatic carbocycles. The highest BCUT2D eigenvalue weighted by molar-refractivity contribution is 7.18. The van der Waals surface area contributed by atoms with Crippen LogP contribution in [0.3, 0.4) is 0 Å². The number of halogens is 1. The zero-order chi connectivity index (χ0) is 12.4. The van der Waals surface area contributed by atoms with Gasteiger partial charge < -0.3 is 5.11 Å². The summed E-state index contributed by atoms with van der Waals surface area (Å²) in [6, 6.07) is 3.36. The van der Waals surface area contributed by atoms with Gasteiger partial charge >= 0.3 is 5.97 Å². The van der Waals surface area contributed by atoms with Crippen LogP contribution in [-0.2, 0) is 4.79 Å². The lowest BCUT2D eigenvalue weighted by atomic mass is 9.76. The molecular weight excluding hydrogens is 260 g/mol. The van der Waals surface area contributed by atoms with E-state index in [0.717, 1.165) is 12.8 Å². The standard InChI is InChI=1S/C12H13ClO3S/c13-10-6-5-9(17-10)11(14)7-3-1-2-4-8(7)12(15)16/h5-8H,1-4H2,(H,15,16). The quantitative estimate of drug-likeness (QED) is 0.857. The number of Topliss-reactive ketones (excluding diaryl/α,β-unsaturated/α-hetero) is 1. The topological polar surface area (TPSA) is 54.4 Å². The highest BCUT2D eigenvalue weighted by Crippen LogP contribution is 2.34. The monoisotopic (exact) mass is 272 g/mol. The molecule has 1 aromatic rings. The second-order valence-corrected chi connectivity index (χ2v) is 6.02. The van der Waals surface area contributed by atoms with Crippen molar-refractivity contribution in [2.75, 3.05) is 0 Å². The lowest BCUT2D eigenvalue weighted by Crippen LogP contribution is -2.32. The van der Waals surface area contributed by atoms with E-state index in [1.165, 1.54) is 11.3 Å². The molecule has 0 amide bonds. The van der Waals surface area contributed by atoms with Gasteiger partial charge in [0.05, 0.1) is 15.1 Å². The van der Waals surface area contributed by atoms with Gasteiger partial charge in [-0.3, -0.25) is 9.59 Å². The van der Waals surface area contributed by atoms with Crippen LogP contribution in [0.2, 0.25) is 4.34 Å². The van der Waals surface area contributed by atoms with E-state index in [1.54, 1.807) is 12.1 Å². The van der Waals surface area contributed by atoms with Crippen LogP contribution in [0.25, 0.3) is 0 Å². The Hall–Kier alpha value is -0.870. The fourth-order valence-electron chi connectivity index (χ4n) is 2.37. The number of carboxylic acids is 1. The van der Waals surface area contributed by atoms with E-state index in [4.69, 9.17) is 16.7 Å². The normalized spacial score (nSPS) is 24.5. The molecule has 1 fully saturated rings. The average Bonchev–Trinajstić information content (AvgIpc) is 2.75. The number of thiophene rings is 1. The summed E-state index contributed by atoms with van der Waals surface area (Å²) in [6.07, 6.45) is 3.10. The predicted octanol–water partition coefficient (Wildman–Crippen LogP) is 3.48. The molecule has 0 spiro atoms. The van der Waals surface area contributed by atoms with Gasteiger partial charge in [-0.1, -0.05) is 24.4 Å². The van der Waals surface area contributed by atoms with Crippen molar-refractivity contribution in [3.05, 3.63) is 21.3 Å². The molecule has 0 aliphatic heterocycles. The fourth-order valence-corrected chi connectivity index (χ4v) is 3.42. The summed E-state index contributed by atoms with van der Waals surface area (Å²) < 4.78 is 0.566. The molecule has 1 N–H and O–H groups in total. The Bertz CT molecular complexity index is 441. The van der Waals surface area contributed by atoms with Gasteiger partial charge in [-0.2, -0.15) is 0 Å². The number of hydrogen-bond acceptors (Lipinski definition) is 3. The molecule has 0 radical (unpaired) electrons. The Labute approximate surface area is 108 Å². The van der Waals surface area contributed by atoms with Gasteiger partial charge in [0, 0.05) is 5.92 Å². The van der Waals surface area contributed by atoms with Crippen molar-refractivity contribution in [1.82, 2.24) is 0 Å². The van der Waals surface area contributed by atoms with Gasteiger partial charge in [-0.15, -0.1) is 11.3 Å². The molecule has 1 aliphatic rings. The molecule has 5 heteroatoms. The van der Waals surface area contributed by atoms with Crippen LogP contribution in [-0.4, -0.2) is 16.9 Å². The minimum Gasteiger partial charge on any atom is -0.481 e. The lowest BCUT2D eigenvalue weighted by molar-refractivity contribution is -0.144. The molecule has 3 nitrogen and oxygen atoms in total. The van der Waals surface area contributed by atoms with Gasteiger partial charge in [0.2, 0.25) is 0 Å². The third-order valence-electron chi connectivity index (χ3n) is 3.24. The zero-order valence-corrected chi connectivity index (χ0v) is 10.8. The van der Waals surface area contributed by atoms with Crippen molar-refractivity contribution in [3.63, 3.8) is 0 Å². The van der Waals surface area contributed by atoms with Crippen LogP contribution >= 0.6 is 22.9 Å². The predicted molar refractivity (Wildman–Crippen MR) is 66.7 cm³/mol. The van der Waals surface area contributed by atoms with Gasteiger partial charge in [-0.25, -0.2) is 0 Å². The largest absolute Gasteiger partial charge is 0.481 e. The number of aliphatic carboxylic acids is 1. The van der Waals surface area contributed by atoms with Crippen molar-refractivity contribution >= 4 is 34.7 Å². The van der Waals surface area contributed by atoms with E-state index in [0.29, 0.717) is 22.1 Å². The van der Waals surface area contributed by atoms with Gasteiger partial charge in [0.1, 0.15) is 0 Å². The second kappa shape index (κ2) is 5.19. The number of carbonyl (C=O) groups excluding carboxylic acids is 1. The minimum absolute atomic E-state index is 0.0611. The SMILES string of the molecule is O=C(O)C1CCCCC1C(=O)c1ccc(Cl)s1. The molecule has 2 rings (SSSR count). The van der Waals surface area contributed by atoms with Crippen molar-refractivity contribution < 1.29 is 14.7 Å². The van der Waals surface area contributed by atoms with Crippen LogP contribution in [0.15, 0.2) is 12.1 Å². The maximum atomic E-state index is 12.2. The molecule has 1 heterocycles. The summed E-state index contributed by atoms with van der Waals surface area (Å²) in [4.78, 5) is 23.9. The molecule has 1 saturated carbocycles. The van der Waals surface area contributed by atoms with E-state index in [-0.39, 0.29) is 11.7 Å². The Balaban J connectivity index is 2.19. The maximum absolute atomic E-state index is 12.2. The summed E-state index contributed by atoms with van der Waals surface area (Å²) in [5.41, 5.74) is 0. The molecule has 2 atom stereocenters. The number of carboxylic acid groups (broad SMARTS) is 1. The highest BCUT2D eigenvalue weighted by Gasteiger charge is 2.36. The van der Waals surface area contributed by atoms with E-state index in [9.17, 15) is 9.59 Å². The molecule has 92 valence electrons. The fraction of sp³-hybridized carbons (Fsp3) is 0.500. The summed E-state index contributed by atoms with van der Waals surface area (Å²) in [5.74, 6) is -1.83. The Kier molecular flexibility index (Phi) is 3.84. The average molecular weight is 273 g/mol. The van der Waals surface area contributed by atoms with E-state index >= 15 is 0 Å². The first-order valence-corrected chi connectivity index (χ1v) is 6.81. The zero-order valence-electron chi connectivity index (χ0n) is 9.19. The van der Waals surface area contributed by atoms with E-state index in [2.05, 4.69) is 0 Å². The highest BCUT2D eigenvalue weighted by atomic mass is 35.5. The van der Waals surface area contributed by atoms with Crippen molar-refractivity contribution in [2.24, 2.45) is 11.8 Å². The van der Waals surface area contributed by atoms with Crippen molar-refractivity contribution in [1.29, 1.82) is 0 Å².